The van der Waals surface area contributed by atoms with Crippen LogP contribution in [0.25, 0.3) is 0 Å². The van der Waals surface area contributed by atoms with E-state index in [1.54, 1.807) is 12.1 Å². The number of ether oxygens (including phenoxy) is 1. The van der Waals surface area contributed by atoms with E-state index in [2.05, 4.69) is 10.3 Å². The topological polar surface area (TPSA) is 71.5 Å². The first-order chi connectivity index (χ1) is 8.48. The van der Waals surface area contributed by atoms with E-state index in [1.807, 2.05) is 13.8 Å². The Bertz CT molecular complexity index is 446. The number of anilines is 1. The molecule has 0 radical (unpaired) electrons. The number of hydrogen-bond donors (Lipinski definition) is 2. The van der Waals surface area contributed by atoms with Crippen molar-refractivity contribution in [1.82, 2.24) is 4.98 Å². The Morgan fingerprint density at radius 2 is 2.39 bits per heavy atom. The molecular weight excluding hydrogens is 232 g/mol. The summed E-state index contributed by atoms with van der Waals surface area (Å²) in [6, 6.07) is 3.70. The predicted molar refractivity (Wildman–Crippen MR) is 67.9 cm³/mol. The molecule has 98 valence electrons. The van der Waals surface area contributed by atoms with Gasteiger partial charge < -0.3 is 15.2 Å². The molecule has 0 spiro atoms. The molecule has 1 aliphatic rings. The number of carbonyl (C=O) groups is 1. The maximum atomic E-state index is 11.1. The smallest absolute Gasteiger partial charge is 0.356 e. The molecule has 1 aromatic rings. The molecule has 2 heterocycles. The summed E-state index contributed by atoms with van der Waals surface area (Å²) in [7, 11) is 0. The van der Waals surface area contributed by atoms with Crippen molar-refractivity contribution < 1.29 is 14.6 Å². The van der Waals surface area contributed by atoms with Gasteiger partial charge in [-0.2, -0.15) is 0 Å². The molecule has 5 heteroatoms. The summed E-state index contributed by atoms with van der Waals surface area (Å²) in [5, 5.41) is 12.3. The highest BCUT2D eigenvalue weighted by molar-refractivity contribution is 5.91. The van der Waals surface area contributed by atoms with Crippen molar-refractivity contribution in [3.8, 4) is 0 Å². The van der Waals surface area contributed by atoms with E-state index < -0.39 is 5.97 Å². The average molecular weight is 250 g/mol. The molecule has 0 aliphatic carbocycles. The second-order valence-electron chi connectivity index (χ2n) is 5.15. The first-order valence-electron chi connectivity index (χ1n) is 6.07. The van der Waals surface area contributed by atoms with E-state index in [-0.39, 0.29) is 17.3 Å². The molecule has 1 fully saturated rings. The average Bonchev–Trinajstić information content (AvgIpc) is 2.28. The second-order valence-corrected chi connectivity index (χ2v) is 5.15. The fourth-order valence-corrected chi connectivity index (χ4v) is 2.27. The van der Waals surface area contributed by atoms with Crippen LogP contribution in [0.5, 0.6) is 0 Å². The monoisotopic (exact) mass is 250 g/mol. The Hall–Kier alpha value is -1.62. The number of carboxylic acids is 1. The highest BCUT2D eigenvalue weighted by Crippen LogP contribution is 2.27. The van der Waals surface area contributed by atoms with Crippen molar-refractivity contribution in [3.63, 3.8) is 0 Å². The van der Waals surface area contributed by atoms with Gasteiger partial charge in [-0.15, -0.1) is 0 Å². The van der Waals surface area contributed by atoms with E-state index in [1.165, 1.54) is 6.20 Å². The lowest BCUT2D eigenvalue weighted by Crippen LogP contribution is -2.40. The molecule has 18 heavy (non-hydrogen) atoms. The van der Waals surface area contributed by atoms with Gasteiger partial charge >= 0.3 is 5.97 Å². The molecule has 1 unspecified atom stereocenters. The quantitative estimate of drug-likeness (QED) is 0.860. The number of aromatic carboxylic acids is 1. The van der Waals surface area contributed by atoms with Gasteiger partial charge in [0.2, 0.25) is 0 Å². The third-order valence-corrected chi connectivity index (χ3v) is 3.07. The first kappa shape index (κ1) is 12.8. The summed E-state index contributed by atoms with van der Waals surface area (Å²) in [6.45, 7) is 4.78. The molecule has 0 amide bonds. The third kappa shape index (κ3) is 2.98. The van der Waals surface area contributed by atoms with E-state index in [4.69, 9.17) is 9.84 Å². The van der Waals surface area contributed by atoms with Crippen LogP contribution in [0.3, 0.4) is 0 Å². The minimum absolute atomic E-state index is 0.0711. The van der Waals surface area contributed by atoms with Crippen LogP contribution in [0, 0.1) is 0 Å². The normalized spacial score (nSPS) is 22.4. The summed E-state index contributed by atoms with van der Waals surface area (Å²) >= 11 is 0. The zero-order valence-corrected chi connectivity index (χ0v) is 10.6. The molecule has 0 bridgehead atoms. The number of pyridine rings is 1. The Labute approximate surface area is 106 Å². The number of rotatable bonds is 3. The Morgan fingerprint density at radius 1 is 1.61 bits per heavy atom. The Balaban J connectivity index is 2.12. The minimum Gasteiger partial charge on any atom is -0.476 e. The van der Waals surface area contributed by atoms with Gasteiger partial charge in [-0.3, -0.25) is 0 Å². The molecule has 1 atom stereocenters. The van der Waals surface area contributed by atoms with Gasteiger partial charge in [-0.05, 0) is 38.8 Å². The molecule has 0 saturated carbocycles. The number of nitrogens with one attached hydrogen (secondary N) is 1. The summed E-state index contributed by atoms with van der Waals surface area (Å²) in [6.07, 6.45) is 3.21. The van der Waals surface area contributed by atoms with Gasteiger partial charge in [-0.25, -0.2) is 9.78 Å². The summed E-state index contributed by atoms with van der Waals surface area (Å²) in [5.74, 6) is -1.01. The first-order valence-corrected chi connectivity index (χ1v) is 6.07. The maximum absolute atomic E-state index is 11.1. The molecule has 5 nitrogen and oxygen atoms in total. The lowest BCUT2D eigenvalue weighted by Gasteiger charge is -2.36. The summed E-state index contributed by atoms with van der Waals surface area (Å²) in [5.41, 5.74) is 0.483. The van der Waals surface area contributed by atoms with Crippen LogP contribution >= 0.6 is 0 Å². The molecule has 0 aromatic carbocycles. The van der Waals surface area contributed by atoms with Gasteiger partial charge in [0.15, 0.2) is 5.69 Å². The predicted octanol–water partition coefficient (Wildman–Crippen LogP) is 2.15. The number of carboxylic acid groups (broad SMARTS) is 1. The van der Waals surface area contributed by atoms with Crippen molar-refractivity contribution in [2.45, 2.75) is 38.3 Å². The molecule has 2 N–H and O–H groups in total. The lowest BCUT2D eigenvalue weighted by molar-refractivity contribution is -0.0553. The van der Waals surface area contributed by atoms with Crippen LogP contribution in [-0.4, -0.2) is 34.3 Å². The summed E-state index contributed by atoms with van der Waals surface area (Å²) < 4.78 is 5.64. The van der Waals surface area contributed by atoms with E-state index in [9.17, 15) is 4.79 Å². The van der Waals surface area contributed by atoms with Crippen LogP contribution < -0.4 is 5.32 Å². The van der Waals surface area contributed by atoms with Crippen LogP contribution in [0.4, 0.5) is 5.69 Å². The standard InChI is InChI=1S/C13H18N2O3/c1-13(2)8-9(5-7-18-13)15-10-4-3-6-14-11(10)12(16)17/h3-4,6,9,15H,5,7-8H2,1-2H3,(H,16,17). The van der Waals surface area contributed by atoms with Gasteiger partial charge in [0.1, 0.15) is 0 Å². The molecular formula is C13H18N2O3. The van der Waals surface area contributed by atoms with Crippen LogP contribution in [0.1, 0.15) is 37.2 Å². The van der Waals surface area contributed by atoms with Gasteiger partial charge in [0.05, 0.1) is 11.3 Å². The zero-order chi connectivity index (χ0) is 13.2. The van der Waals surface area contributed by atoms with Gasteiger partial charge in [-0.1, -0.05) is 0 Å². The fraction of sp³-hybridized carbons (Fsp3) is 0.538. The molecule has 1 aliphatic heterocycles. The van der Waals surface area contributed by atoms with Crippen molar-refractivity contribution in [2.24, 2.45) is 0 Å². The molecule has 1 saturated heterocycles. The highest BCUT2D eigenvalue weighted by atomic mass is 16.5. The molecule has 1 aromatic heterocycles. The Kier molecular flexibility index (Phi) is 3.52. The van der Waals surface area contributed by atoms with E-state index >= 15 is 0 Å². The van der Waals surface area contributed by atoms with Gasteiger partial charge in [0.25, 0.3) is 0 Å². The molecule has 2 rings (SSSR count). The summed E-state index contributed by atoms with van der Waals surface area (Å²) in [4.78, 5) is 15.0. The fourth-order valence-electron chi connectivity index (χ4n) is 2.27. The van der Waals surface area contributed by atoms with Crippen LogP contribution in [-0.2, 0) is 4.74 Å². The Morgan fingerprint density at radius 3 is 3.06 bits per heavy atom. The van der Waals surface area contributed by atoms with Crippen molar-refractivity contribution in [3.05, 3.63) is 24.0 Å². The second kappa shape index (κ2) is 4.94. The minimum atomic E-state index is -1.01. The number of nitrogens with zero attached hydrogens (tertiary/aromatic N) is 1. The zero-order valence-electron chi connectivity index (χ0n) is 10.6. The SMILES string of the molecule is CC1(C)CC(Nc2cccnc2C(=O)O)CCO1. The largest absolute Gasteiger partial charge is 0.476 e. The number of aromatic nitrogens is 1. The van der Waals surface area contributed by atoms with Crippen molar-refractivity contribution >= 4 is 11.7 Å². The van der Waals surface area contributed by atoms with Crippen molar-refractivity contribution in [2.75, 3.05) is 11.9 Å². The lowest BCUT2D eigenvalue weighted by atomic mass is 9.94. The van der Waals surface area contributed by atoms with Crippen LogP contribution in [0.15, 0.2) is 18.3 Å². The third-order valence-electron chi connectivity index (χ3n) is 3.07. The van der Waals surface area contributed by atoms with E-state index in [0.717, 1.165) is 12.8 Å². The van der Waals surface area contributed by atoms with Crippen LogP contribution in [0.2, 0.25) is 0 Å². The maximum Gasteiger partial charge on any atom is 0.356 e. The van der Waals surface area contributed by atoms with Gasteiger partial charge in [0, 0.05) is 18.8 Å². The highest BCUT2D eigenvalue weighted by Gasteiger charge is 2.29. The number of hydrogen-bond acceptors (Lipinski definition) is 4. The van der Waals surface area contributed by atoms with E-state index in [0.29, 0.717) is 12.3 Å². The van der Waals surface area contributed by atoms with Crippen molar-refractivity contribution in [1.29, 1.82) is 0 Å².